The van der Waals surface area contributed by atoms with Crippen molar-refractivity contribution in [1.82, 2.24) is 15.3 Å². The molecule has 26 heavy (non-hydrogen) atoms. The molecule has 0 aliphatic heterocycles. The molecule has 1 amide bonds. The van der Waals surface area contributed by atoms with Crippen molar-refractivity contribution >= 4 is 29.0 Å². The Morgan fingerprint density at radius 2 is 1.96 bits per heavy atom. The lowest BCUT2D eigenvalue weighted by Crippen LogP contribution is -2.22. The summed E-state index contributed by atoms with van der Waals surface area (Å²) in [4.78, 5) is 20.4. The fourth-order valence-corrected chi connectivity index (χ4v) is 2.48. The van der Waals surface area contributed by atoms with Crippen LogP contribution in [0.25, 0.3) is 0 Å². The van der Waals surface area contributed by atoms with Crippen molar-refractivity contribution in [1.29, 1.82) is 0 Å². The van der Waals surface area contributed by atoms with Crippen molar-refractivity contribution in [3.8, 4) is 5.75 Å². The molecule has 0 fully saturated rings. The number of carbonyl (C=O) groups excluding carboxylic acids is 1. The first-order valence-electron chi connectivity index (χ1n) is 7.89. The van der Waals surface area contributed by atoms with Gasteiger partial charge in [-0.05, 0) is 48.0 Å². The number of anilines is 2. The number of methoxy groups -OCH3 is 1. The van der Waals surface area contributed by atoms with Gasteiger partial charge in [-0.15, -0.1) is 0 Å². The molecule has 6 nitrogen and oxygen atoms in total. The van der Waals surface area contributed by atoms with E-state index in [2.05, 4.69) is 20.6 Å². The van der Waals surface area contributed by atoms with Crippen LogP contribution in [-0.4, -0.2) is 23.0 Å². The second-order valence-electron chi connectivity index (χ2n) is 5.44. The van der Waals surface area contributed by atoms with Crippen molar-refractivity contribution in [3.05, 3.63) is 77.2 Å². The van der Waals surface area contributed by atoms with Crippen molar-refractivity contribution in [2.24, 2.45) is 0 Å². The highest BCUT2D eigenvalue weighted by Crippen LogP contribution is 2.29. The smallest absolute Gasteiger partial charge is 0.253 e. The largest absolute Gasteiger partial charge is 0.495 e. The number of amides is 1. The van der Waals surface area contributed by atoms with E-state index in [1.807, 2.05) is 12.1 Å². The van der Waals surface area contributed by atoms with E-state index >= 15 is 0 Å². The number of hydrogen-bond donors (Lipinski definition) is 2. The minimum absolute atomic E-state index is 0.193. The van der Waals surface area contributed by atoms with Crippen molar-refractivity contribution in [2.45, 2.75) is 6.54 Å². The van der Waals surface area contributed by atoms with E-state index in [0.717, 1.165) is 5.56 Å². The number of nitrogens with one attached hydrogen (secondary N) is 2. The normalized spacial score (nSPS) is 10.2. The van der Waals surface area contributed by atoms with E-state index < -0.39 is 0 Å². The molecule has 1 aromatic carbocycles. The lowest BCUT2D eigenvalue weighted by molar-refractivity contribution is 0.0950. The quantitative estimate of drug-likeness (QED) is 0.691. The summed E-state index contributed by atoms with van der Waals surface area (Å²) >= 11 is 6.02. The third-order valence-corrected chi connectivity index (χ3v) is 3.89. The topological polar surface area (TPSA) is 76.1 Å². The van der Waals surface area contributed by atoms with Gasteiger partial charge in [0.2, 0.25) is 0 Å². The highest BCUT2D eigenvalue weighted by atomic mass is 35.5. The third-order valence-electron chi connectivity index (χ3n) is 3.65. The van der Waals surface area contributed by atoms with E-state index in [9.17, 15) is 4.79 Å². The summed E-state index contributed by atoms with van der Waals surface area (Å²) in [6.45, 7) is 0.432. The number of halogens is 1. The van der Waals surface area contributed by atoms with Crippen LogP contribution in [0, 0.1) is 0 Å². The fraction of sp³-hybridized carbons (Fsp3) is 0.105. The summed E-state index contributed by atoms with van der Waals surface area (Å²) in [6.07, 6.45) is 4.89. The van der Waals surface area contributed by atoms with Gasteiger partial charge in [0.15, 0.2) is 0 Å². The second kappa shape index (κ2) is 8.31. The van der Waals surface area contributed by atoms with E-state index in [-0.39, 0.29) is 5.91 Å². The molecular weight excluding hydrogens is 352 g/mol. The lowest BCUT2D eigenvalue weighted by Gasteiger charge is -2.11. The van der Waals surface area contributed by atoms with E-state index in [1.165, 1.54) is 6.20 Å². The first-order valence-corrected chi connectivity index (χ1v) is 8.27. The molecule has 0 saturated heterocycles. The summed E-state index contributed by atoms with van der Waals surface area (Å²) in [5.74, 6) is 1.04. The first kappa shape index (κ1) is 17.7. The Balaban J connectivity index is 1.65. The molecule has 2 N–H and O–H groups in total. The molecule has 0 unspecified atom stereocenters. The number of nitrogens with zero attached hydrogens (tertiary/aromatic N) is 2. The number of rotatable bonds is 6. The molecular formula is C19H17ClN4O2. The number of aromatic nitrogens is 2. The Hall–Kier alpha value is -3.12. The molecule has 0 aliphatic carbocycles. The molecule has 0 radical (unpaired) electrons. The van der Waals surface area contributed by atoms with Crippen molar-refractivity contribution in [3.63, 3.8) is 0 Å². The van der Waals surface area contributed by atoms with Crippen molar-refractivity contribution in [2.75, 3.05) is 12.4 Å². The summed E-state index contributed by atoms with van der Waals surface area (Å²) < 4.78 is 5.29. The van der Waals surface area contributed by atoms with Crippen molar-refractivity contribution < 1.29 is 9.53 Å². The zero-order chi connectivity index (χ0) is 18.4. The molecule has 3 rings (SSSR count). The Bertz CT molecular complexity index is 886. The molecule has 0 saturated carbocycles. The van der Waals surface area contributed by atoms with Gasteiger partial charge in [-0.2, -0.15) is 0 Å². The molecule has 0 bridgehead atoms. The Labute approximate surface area is 156 Å². The van der Waals surface area contributed by atoms with Gasteiger partial charge >= 0.3 is 0 Å². The average molecular weight is 369 g/mol. The van der Waals surface area contributed by atoms with Crippen LogP contribution in [0.15, 0.2) is 61.1 Å². The van der Waals surface area contributed by atoms with Crippen LogP contribution in [-0.2, 0) is 6.54 Å². The Morgan fingerprint density at radius 1 is 1.15 bits per heavy atom. The minimum atomic E-state index is -0.193. The van der Waals surface area contributed by atoms with Crippen LogP contribution in [0.4, 0.5) is 11.5 Å². The molecule has 7 heteroatoms. The SMILES string of the molecule is COc1ccc(Cl)cc1Nc1ccc(C(=O)NCc2ccncc2)cn1. The summed E-state index contributed by atoms with van der Waals surface area (Å²) in [6, 6.07) is 12.4. The average Bonchev–Trinajstić information content (AvgIpc) is 2.68. The predicted molar refractivity (Wildman–Crippen MR) is 101 cm³/mol. The first-order chi connectivity index (χ1) is 12.7. The van der Waals surface area contributed by atoms with Crippen LogP contribution >= 0.6 is 11.6 Å². The van der Waals surface area contributed by atoms with Gasteiger partial charge in [0, 0.05) is 30.2 Å². The standard InChI is InChI=1S/C19H17ClN4O2/c1-26-17-4-3-15(20)10-16(17)24-18-5-2-14(12-22-18)19(25)23-11-13-6-8-21-9-7-13/h2-10,12H,11H2,1H3,(H,22,24)(H,23,25). The predicted octanol–water partition coefficient (Wildman–Crippen LogP) is 3.81. The number of benzene rings is 1. The number of ether oxygens (including phenoxy) is 1. The highest BCUT2D eigenvalue weighted by molar-refractivity contribution is 6.31. The van der Waals surface area contributed by atoms with E-state index in [0.29, 0.717) is 34.4 Å². The number of hydrogen-bond acceptors (Lipinski definition) is 5. The van der Waals surface area contributed by atoms with Crippen LogP contribution in [0.5, 0.6) is 5.75 Å². The van der Waals surface area contributed by atoms with Gasteiger partial charge < -0.3 is 15.4 Å². The molecule has 2 heterocycles. The fourth-order valence-electron chi connectivity index (χ4n) is 2.30. The molecule has 0 aliphatic rings. The maximum absolute atomic E-state index is 12.2. The summed E-state index contributed by atoms with van der Waals surface area (Å²) in [5, 5.41) is 6.56. The molecule has 0 atom stereocenters. The van der Waals surface area contributed by atoms with Gasteiger partial charge in [0.1, 0.15) is 11.6 Å². The third kappa shape index (κ3) is 4.49. The molecule has 132 valence electrons. The highest BCUT2D eigenvalue weighted by Gasteiger charge is 2.08. The minimum Gasteiger partial charge on any atom is -0.495 e. The molecule has 0 spiro atoms. The van der Waals surface area contributed by atoms with E-state index in [1.54, 1.807) is 49.8 Å². The monoisotopic (exact) mass is 368 g/mol. The summed E-state index contributed by atoms with van der Waals surface area (Å²) in [7, 11) is 1.58. The van der Waals surface area contributed by atoms with Gasteiger partial charge in [-0.3, -0.25) is 9.78 Å². The van der Waals surface area contributed by atoms with Gasteiger partial charge in [-0.25, -0.2) is 4.98 Å². The summed E-state index contributed by atoms with van der Waals surface area (Å²) in [5.41, 5.74) is 2.15. The zero-order valence-electron chi connectivity index (χ0n) is 14.1. The second-order valence-corrected chi connectivity index (χ2v) is 5.88. The Morgan fingerprint density at radius 3 is 2.65 bits per heavy atom. The van der Waals surface area contributed by atoms with Crippen LogP contribution in [0.2, 0.25) is 5.02 Å². The molecule has 3 aromatic rings. The maximum atomic E-state index is 12.2. The number of carbonyl (C=O) groups is 1. The van der Waals surface area contributed by atoms with Gasteiger partial charge in [0.25, 0.3) is 5.91 Å². The van der Waals surface area contributed by atoms with Crippen LogP contribution < -0.4 is 15.4 Å². The molecule has 2 aromatic heterocycles. The number of pyridine rings is 2. The maximum Gasteiger partial charge on any atom is 0.253 e. The van der Waals surface area contributed by atoms with Gasteiger partial charge in [0.05, 0.1) is 18.4 Å². The van der Waals surface area contributed by atoms with Crippen LogP contribution in [0.3, 0.4) is 0 Å². The zero-order valence-corrected chi connectivity index (χ0v) is 14.8. The Kier molecular flexibility index (Phi) is 5.66. The van der Waals surface area contributed by atoms with Crippen LogP contribution in [0.1, 0.15) is 15.9 Å². The van der Waals surface area contributed by atoms with Gasteiger partial charge in [-0.1, -0.05) is 11.6 Å². The van der Waals surface area contributed by atoms with E-state index in [4.69, 9.17) is 16.3 Å². The lowest BCUT2D eigenvalue weighted by atomic mass is 10.2.